The molecule has 0 aliphatic heterocycles. The Balaban J connectivity index is 3.81. The summed E-state index contributed by atoms with van der Waals surface area (Å²) < 4.78 is 5.21. The third kappa shape index (κ3) is 7.76. The quantitative estimate of drug-likeness (QED) is 0.779. The second-order valence-corrected chi connectivity index (χ2v) is 5.38. The Morgan fingerprint density at radius 1 is 1.17 bits per heavy atom. The molecule has 0 unspecified atom stereocenters. The Kier molecular flexibility index (Phi) is 6.51. The van der Waals surface area contributed by atoms with Crippen LogP contribution in [-0.4, -0.2) is 61.8 Å². The smallest absolute Gasteiger partial charge is 0.410 e. The summed E-state index contributed by atoms with van der Waals surface area (Å²) in [7, 11) is 5.05. The van der Waals surface area contributed by atoms with E-state index in [-0.39, 0.29) is 12.1 Å². The first kappa shape index (κ1) is 16.5. The fourth-order valence-electron chi connectivity index (χ4n) is 1.10. The van der Waals surface area contributed by atoms with Gasteiger partial charge in [0.2, 0.25) is 0 Å². The number of carbonyl (C=O) groups excluding carboxylic acids is 2. The molecule has 0 aromatic rings. The van der Waals surface area contributed by atoms with E-state index >= 15 is 0 Å². The molecule has 6 nitrogen and oxygen atoms in total. The minimum absolute atomic E-state index is 0.130. The zero-order valence-corrected chi connectivity index (χ0v) is 12.2. The highest BCUT2D eigenvalue weighted by Crippen LogP contribution is 2.08. The van der Waals surface area contributed by atoms with Gasteiger partial charge in [-0.2, -0.15) is 0 Å². The van der Waals surface area contributed by atoms with Crippen molar-refractivity contribution in [3.05, 3.63) is 0 Å². The maximum Gasteiger partial charge on any atom is 0.410 e. The van der Waals surface area contributed by atoms with E-state index in [0.717, 1.165) is 0 Å². The lowest BCUT2D eigenvalue weighted by Gasteiger charge is -2.24. The molecule has 0 radical (unpaired) electrons. The lowest BCUT2D eigenvalue weighted by Crippen LogP contribution is -2.38. The van der Waals surface area contributed by atoms with Gasteiger partial charge in [0.05, 0.1) is 0 Å². The first-order valence-corrected chi connectivity index (χ1v) is 6.03. The highest BCUT2D eigenvalue weighted by molar-refractivity contribution is 5.73. The van der Waals surface area contributed by atoms with Crippen LogP contribution in [0.25, 0.3) is 0 Å². The summed E-state index contributed by atoms with van der Waals surface area (Å²) in [4.78, 5) is 25.8. The van der Waals surface area contributed by atoms with Crippen LogP contribution in [0.2, 0.25) is 0 Å². The summed E-state index contributed by atoms with van der Waals surface area (Å²) in [6, 6.07) is -0.130. The SMILES string of the molecule is CN(C)C(=O)NCCCN(C)C(=O)OC(C)(C)C. The summed E-state index contributed by atoms with van der Waals surface area (Å²) in [5.41, 5.74) is -0.482. The van der Waals surface area contributed by atoms with Gasteiger partial charge < -0.3 is 19.9 Å². The van der Waals surface area contributed by atoms with Crippen LogP contribution in [0.5, 0.6) is 0 Å². The molecule has 106 valence electrons. The van der Waals surface area contributed by atoms with Crippen LogP contribution in [0.3, 0.4) is 0 Å². The molecule has 0 rings (SSSR count). The van der Waals surface area contributed by atoms with Gasteiger partial charge in [0.15, 0.2) is 0 Å². The number of rotatable bonds is 4. The summed E-state index contributed by atoms with van der Waals surface area (Å²) in [5, 5.41) is 2.73. The van der Waals surface area contributed by atoms with Crippen LogP contribution < -0.4 is 5.32 Å². The van der Waals surface area contributed by atoms with Gasteiger partial charge in [-0.3, -0.25) is 0 Å². The molecule has 0 saturated carbocycles. The Bertz CT molecular complexity index is 285. The molecule has 0 bridgehead atoms. The molecule has 0 aromatic heterocycles. The molecule has 18 heavy (non-hydrogen) atoms. The van der Waals surface area contributed by atoms with E-state index in [1.54, 1.807) is 21.1 Å². The standard InChI is InChI=1S/C12H25N3O3/c1-12(2,3)18-11(17)15(6)9-7-8-13-10(16)14(4)5/h7-9H2,1-6H3,(H,13,16). The molecule has 6 heteroatoms. The number of ether oxygens (including phenoxy) is 1. The van der Waals surface area contributed by atoms with Gasteiger partial charge in [0.25, 0.3) is 0 Å². The molecular formula is C12H25N3O3. The number of hydrogen-bond donors (Lipinski definition) is 1. The van der Waals surface area contributed by atoms with Gasteiger partial charge in [0.1, 0.15) is 5.60 Å². The molecule has 0 aliphatic rings. The molecule has 0 aromatic carbocycles. The van der Waals surface area contributed by atoms with E-state index in [1.165, 1.54) is 9.80 Å². The topological polar surface area (TPSA) is 61.9 Å². The Morgan fingerprint density at radius 3 is 2.17 bits per heavy atom. The van der Waals surface area contributed by atoms with Gasteiger partial charge in [-0.1, -0.05) is 0 Å². The fourth-order valence-corrected chi connectivity index (χ4v) is 1.10. The molecular weight excluding hydrogens is 234 g/mol. The lowest BCUT2D eigenvalue weighted by molar-refractivity contribution is 0.0297. The molecule has 1 N–H and O–H groups in total. The Hall–Kier alpha value is -1.46. The number of nitrogens with one attached hydrogen (secondary N) is 1. The maximum absolute atomic E-state index is 11.6. The second-order valence-electron chi connectivity index (χ2n) is 5.38. The molecule has 0 spiro atoms. The Labute approximate surface area is 109 Å². The van der Waals surface area contributed by atoms with Gasteiger partial charge in [-0.15, -0.1) is 0 Å². The van der Waals surface area contributed by atoms with Crippen molar-refractivity contribution < 1.29 is 14.3 Å². The van der Waals surface area contributed by atoms with Crippen LogP contribution in [0.4, 0.5) is 9.59 Å². The summed E-state index contributed by atoms with van der Waals surface area (Å²) >= 11 is 0. The maximum atomic E-state index is 11.6. The minimum atomic E-state index is -0.482. The largest absolute Gasteiger partial charge is 0.444 e. The molecule has 0 atom stereocenters. The van der Waals surface area contributed by atoms with Crippen molar-refractivity contribution in [1.82, 2.24) is 15.1 Å². The van der Waals surface area contributed by atoms with Gasteiger partial charge in [0, 0.05) is 34.2 Å². The first-order valence-electron chi connectivity index (χ1n) is 6.03. The van der Waals surface area contributed by atoms with Gasteiger partial charge in [-0.05, 0) is 27.2 Å². The van der Waals surface area contributed by atoms with E-state index in [9.17, 15) is 9.59 Å². The average Bonchev–Trinajstić information content (AvgIpc) is 2.20. The average molecular weight is 259 g/mol. The highest BCUT2D eigenvalue weighted by Gasteiger charge is 2.19. The first-order chi connectivity index (χ1) is 8.13. The van der Waals surface area contributed by atoms with Crippen molar-refractivity contribution >= 4 is 12.1 Å². The predicted octanol–water partition coefficient (Wildman–Crippen LogP) is 1.51. The number of urea groups is 1. The minimum Gasteiger partial charge on any atom is -0.444 e. The summed E-state index contributed by atoms with van der Waals surface area (Å²) in [5.74, 6) is 0. The van der Waals surface area contributed by atoms with E-state index < -0.39 is 5.60 Å². The van der Waals surface area contributed by atoms with E-state index in [1.807, 2.05) is 20.8 Å². The van der Waals surface area contributed by atoms with Crippen LogP contribution >= 0.6 is 0 Å². The molecule has 0 fully saturated rings. The third-order valence-corrected chi connectivity index (χ3v) is 2.06. The third-order valence-electron chi connectivity index (χ3n) is 2.06. The van der Waals surface area contributed by atoms with E-state index in [2.05, 4.69) is 5.32 Å². The number of nitrogens with zero attached hydrogens (tertiary/aromatic N) is 2. The van der Waals surface area contributed by atoms with Crippen molar-refractivity contribution in [3.63, 3.8) is 0 Å². The van der Waals surface area contributed by atoms with Crippen molar-refractivity contribution in [2.45, 2.75) is 32.8 Å². The zero-order valence-electron chi connectivity index (χ0n) is 12.2. The summed E-state index contributed by atoms with van der Waals surface area (Å²) in [6.45, 7) is 6.56. The normalized spacial score (nSPS) is 10.8. The van der Waals surface area contributed by atoms with Crippen molar-refractivity contribution in [2.24, 2.45) is 0 Å². The highest BCUT2D eigenvalue weighted by atomic mass is 16.6. The fraction of sp³-hybridized carbons (Fsp3) is 0.833. The van der Waals surface area contributed by atoms with Crippen molar-refractivity contribution in [1.29, 1.82) is 0 Å². The molecule has 0 heterocycles. The Morgan fingerprint density at radius 2 is 1.72 bits per heavy atom. The second kappa shape index (κ2) is 7.08. The van der Waals surface area contributed by atoms with Crippen molar-refractivity contribution in [3.8, 4) is 0 Å². The molecule has 3 amide bonds. The van der Waals surface area contributed by atoms with Gasteiger partial charge in [-0.25, -0.2) is 9.59 Å². The zero-order chi connectivity index (χ0) is 14.3. The van der Waals surface area contributed by atoms with Crippen LogP contribution in [0, 0.1) is 0 Å². The van der Waals surface area contributed by atoms with E-state index in [0.29, 0.717) is 19.5 Å². The van der Waals surface area contributed by atoms with E-state index in [4.69, 9.17) is 4.74 Å². The number of carbonyl (C=O) groups is 2. The van der Waals surface area contributed by atoms with Crippen LogP contribution in [0.15, 0.2) is 0 Å². The predicted molar refractivity (Wildman–Crippen MR) is 70.6 cm³/mol. The molecule has 0 saturated heterocycles. The summed E-state index contributed by atoms with van der Waals surface area (Å²) in [6.07, 6.45) is 0.344. The van der Waals surface area contributed by atoms with Crippen LogP contribution in [0.1, 0.15) is 27.2 Å². The number of hydrogen-bond acceptors (Lipinski definition) is 3. The van der Waals surface area contributed by atoms with Crippen LogP contribution in [-0.2, 0) is 4.74 Å². The van der Waals surface area contributed by atoms with Crippen molar-refractivity contribution in [2.75, 3.05) is 34.2 Å². The lowest BCUT2D eigenvalue weighted by atomic mass is 10.2. The monoisotopic (exact) mass is 259 g/mol. The van der Waals surface area contributed by atoms with Gasteiger partial charge >= 0.3 is 12.1 Å². The molecule has 0 aliphatic carbocycles. The number of amides is 3.